The van der Waals surface area contributed by atoms with Crippen LogP contribution in [-0.4, -0.2) is 23.7 Å². The molecule has 1 aliphatic rings. The van der Waals surface area contributed by atoms with Gasteiger partial charge < -0.3 is 10.4 Å². The molecule has 2 N–H and O–H groups in total. The van der Waals surface area contributed by atoms with Crippen LogP contribution >= 0.6 is 0 Å². The summed E-state index contributed by atoms with van der Waals surface area (Å²) >= 11 is 0. The van der Waals surface area contributed by atoms with E-state index >= 15 is 0 Å². The Labute approximate surface area is 126 Å². The van der Waals surface area contributed by atoms with E-state index in [9.17, 15) is 4.79 Å². The van der Waals surface area contributed by atoms with Gasteiger partial charge in [-0.15, -0.1) is 0 Å². The summed E-state index contributed by atoms with van der Waals surface area (Å²) in [6.45, 7) is 4.35. The Bertz CT molecular complexity index is 566. The van der Waals surface area contributed by atoms with E-state index in [-0.39, 0.29) is 18.6 Å². The smallest absolute Gasteiger partial charge is 0.251 e. The van der Waals surface area contributed by atoms with Crippen molar-refractivity contribution in [2.24, 2.45) is 5.41 Å². The van der Waals surface area contributed by atoms with Crippen LogP contribution in [0.1, 0.15) is 55.5 Å². The Morgan fingerprint density at radius 2 is 2.29 bits per heavy atom. The molecule has 21 heavy (non-hydrogen) atoms. The predicted octanol–water partition coefficient (Wildman–Crippen LogP) is 2.73. The number of hydrogen-bond acceptors (Lipinski definition) is 2. The number of amides is 1. The molecule has 1 aliphatic carbocycles. The third kappa shape index (κ3) is 4.61. The summed E-state index contributed by atoms with van der Waals surface area (Å²) in [5.74, 6) is 5.39. The number of rotatable bonds is 2. The highest BCUT2D eigenvalue weighted by Gasteiger charge is 2.28. The van der Waals surface area contributed by atoms with Crippen molar-refractivity contribution in [1.29, 1.82) is 0 Å². The first-order valence-electron chi connectivity index (χ1n) is 7.51. The van der Waals surface area contributed by atoms with Gasteiger partial charge in [0.1, 0.15) is 6.61 Å². The molecule has 1 fully saturated rings. The molecule has 1 amide bonds. The average molecular weight is 285 g/mol. The van der Waals surface area contributed by atoms with E-state index < -0.39 is 0 Å². The molecule has 0 radical (unpaired) electrons. The van der Waals surface area contributed by atoms with Crippen LogP contribution in [0.15, 0.2) is 24.3 Å². The highest BCUT2D eigenvalue weighted by atomic mass is 16.2. The maximum atomic E-state index is 12.3. The fourth-order valence-electron chi connectivity index (χ4n) is 2.97. The zero-order chi connectivity index (χ0) is 15.3. The molecule has 0 bridgehead atoms. The molecular formula is C18H23NO2. The zero-order valence-electron chi connectivity index (χ0n) is 12.8. The van der Waals surface area contributed by atoms with Gasteiger partial charge in [-0.1, -0.05) is 38.2 Å². The third-order valence-electron chi connectivity index (χ3n) is 3.98. The van der Waals surface area contributed by atoms with Crippen molar-refractivity contribution >= 4 is 5.91 Å². The summed E-state index contributed by atoms with van der Waals surface area (Å²) in [6, 6.07) is 7.48. The SMILES string of the molecule is CC1(C)CCCC(NC(=O)c2cccc(C#CCO)c2)C1. The van der Waals surface area contributed by atoms with Gasteiger partial charge in [0.15, 0.2) is 0 Å². The molecule has 0 spiro atoms. The van der Waals surface area contributed by atoms with E-state index in [1.54, 1.807) is 12.1 Å². The van der Waals surface area contributed by atoms with Crippen molar-refractivity contribution in [3.63, 3.8) is 0 Å². The lowest BCUT2D eigenvalue weighted by molar-refractivity contribution is 0.0902. The number of carbonyl (C=O) groups excluding carboxylic acids is 1. The van der Waals surface area contributed by atoms with Crippen molar-refractivity contribution in [1.82, 2.24) is 5.32 Å². The number of carbonyl (C=O) groups is 1. The molecule has 1 aromatic rings. The van der Waals surface area contributed by atoms with Crippen molar-refractivity contribution in [3.8, 4) is 11.8 Å². The number of aliphatic hydroxyl groups excluding tert-OH is 1. The summed E-state index contributed by atoms with van der Waals surface area (Å²) in [4.78, 5) is 12.3. The van der Waals surface area contributed by atoms with E-state index in [4.69, 9.17) is 5.11 Å². The molecule has 1 unspecified atom stereocenters. The predicted molar refractivity (Wildman–Crippen MR) is 83.9 cm³/mol. The standard InChI is InChI=1S/C18H23NO2/c1-18(2)10-4-9-16(13-18)19-17(21)15-8-3-6-14(12-15)7-5-11-20/h3,6,8,12,16,20H,4,9-11,13H2,1-2H3,(H,19,21). The Hall–Kier alpha value is -1.79. The summed E-state index contributed by atoms with van der Waals surface area (Å²) in [5, 5.41) is 11.9. The average Bonchev–Trinajstić information content (AvgIpc) is 2.44. The molecule has 1 aromatic carbocycles. The van der Waals surface area contributed by atoms with E-state index in [0.717, 1.165) is 18.4 Å². The largest absolute Gasteiger partial charge is 0.384 e. The van der Waals surface area contributed by atoms with Crippen molar-refractivity contribution in [2.75, 3.05) is 6.61 Å². The van der Waals surface area contributed by atoms with Crippen LogP contribution < -0.4 is 5.32 Å². The van der Waals surface area contributed by atoms with E-state index in [0.29, 0.717) is 11.0 Å². The summed E-state index contributed by atoms with van der Waals surface area (Å²) in [5.41, 5.74) is 1.69. The van der Waals surface area contributed by atoms with E-state index in [1.165, 1.54) is 12.8 Å². The van der Waals surface area contributed by atoms with Gasteiger partial charge >= 0.3 is 0 Å². The monoisotopic (exact) mass is 285 g/mol. The third-order valence-corrected chi connectivity index (χ3v) is 3.98. The highest BCUT2D eigenvalue weighted by molar-refractivity contribution is 5.94. The maximum absolute atomic E-state index is 12.3. The topological polar surface area (TPSA) is 49.3 Å². The van der Waals surface area contributed by atoms with Gasteiger partial charge in [0.05, 0.1) is 0 Å². The fraction of sp³-hybridized carbons (Fsp3) is 0.500. The fourth-order valence-corrected chi connectivity index (χ4v) is 2.97. The van der Waals surface area contributed by atoms with Gasteiger partial charge in [0.2, 0.25) is 0 Å². The van der Waals surface area contributed by atoms with Crippen LogP contribution in [0.4, 0.5) is 0 Å². The minimum Gasteiger partial charge on any atom is -0.384 e. The molecule has 3 nitrogen and oxygen atoms in total. The first-order valence-corrected chi connectivity index (χ1v) is 7.51. The first kappa shape index (κ1) is 15.6. The number of benzene rings is 1. The minimum absolute atomic E-state index is 0.0367. The summed E-state index contributed by atoms with van der Waals surface area (Å²) < 4.78 is 0. The maximum Gasteiger partial charge on any atom is 0.251 e. The minimum atomic E-state index is -0.173. The highest BCUT2D eigenvalue weighted by Crippen LogP contribution is 2.35. The van der Waals surface area contributed by atoms with Crippen LogP contribution in [0.3, 0.4) is 0 Å². The van der Waals surface area contributed by atoms with Crippen LogP contribution in [0.5, 0.6) is 0 Å². The molecule has 0 aliphatic heterocycles. The van der Waals surface area contributed by atoms with E-state index in [1.807, 2.05) is 12.1 Å². The van der Waals surface area contributed by atoms with Crippen LogP contribution in [0.2, 0.25) is 0 Å². The molecule has 3 heteroatoms. The van der Waals surface area contributed by atoms with Gasteiger partial charge in [-0.25, -0.2) is 0 Å². The van der Waals surface area contributed by atoms with Crippen molar-refractivity contribution < 1.29 is 9.90 Å². The Kier molecular flexibility index (Phi) is 5.03. The Morgan fingerprint density at radius 1 is 1.48 bits per heavy atom. The normalized spacial score (nSPS) is 20.2. The zero-order valence-corrected chi connectivity index (χ0v) is 12.8. The van der Waals surface area contributed by atoms with Crippen molar-refractivity contribution in [2.45, 2.75) is 45.6 Å². The van der Waals surface area contributed by atoms with Gasteiger partial charge in [0, 0.05) is 17.2 Å². The molecule has 0 heterocycles. The molecule has 0 aromatic heterocycles. The van der Waals surface area contributed by atoms with Gasteiger partial charge in [0.25, 0.3) is 5.91 Å². The van der Waals surface area contributed by atoms with Crippen molar-refractivity contribution in [3.05, 3.63) is 35.4 Å². The lowest BCUT2D eigenvalue weighted by Crippen LogP contribution is -2.40. The molecule has 2 rings (SSSR count). The van der Waals surface area contributed by atoms with Crippen LogP contribution in [-0.2, 0) is 0 Å². The number of nitrogens with one attached hydrogen (secondary N) is 1. The molecular weight excluding hydrogens is 262 g/mol. The second kappa shape index (κ2) is 6.78. The Balaban J connectivity index is 2.03. The van der Waals surface area contributed by atoms with Gasteiger partial charge in [-0.3, -0.25) is 4.79 Å². The van der Waals surface area contributed by atoms with Crippen LogP contribution in [0.25, 0.3) is 0 Å². The first-order chi connectivity index (χ1) is 10.00. The molecule has 1 saturated carbocycles. The lowest BCUT2D eigenvalue weighted by atomic mass is 9.75. The molecule has 112 valence electrons. The molecule has 0 saturated heterocycles. The second-order valence-electron chi connectivity index (χ2n) is 6.47. The second-order valence-corrected chi connectivity index (χ2v) is 6.47. The van der Waals surface area contributed by atoms with Gasteiger partial charge in [-0.05, 0) is 42.9 Å². The molecule has 1 atom stereocenters. The Morgan fingerprint density at radius 3 is 3.00 bits per heavy atom. The van der Waals surface area contributed by atoms with Gasteiger partial charge in [-0.2, -0.15) is 0 Å². The lowest BCUT2D eigenvalue weighted by Gasteiger charge is -2.35. The van der Waals surface area contributed by atoms with E-state index in [2.05, 4.69) is 31.0 Å². The quantitative estimate of drug-likeness (QED) is 0.821. The number of hydrogen-bond donors (Lipinski definition) is 2. The number of aliphatic hydroxyl groups is 1. The summed E-state index contributed by atoms with van der Waals surface area (Å²) in [6.07, 6.45) is 4.48. The van der Waals surface area contributed by atoms with Crippen LogP contribution in [0, 0.1) is 17.3 Å². The summed E-state index contributed by atoms with van der Waals surface area (Å²) in [7, 11) is 0.